The molecule has 144 valence electrons. The van der Waals surface area contributed by atoms with E-state index in [4.69, 9.17) is 0 Å². The molecule has 2 fully saturated rings. The maximum Gasteiger partial charge on any atom is 0.0648 e. The molecule has 4 rings (SSSR count). The smallest absolute Gasteiger partial charge is 0.0648 e. The second-order valence-electron chi connectivity index (χ2n) is 6.74. The molecule has 2 nitrogen and oxygen atoms in total. The predicted octanol–water partition coefficient (Wildman–Crippen LogP) is 5.68. The van der Waals surface area contributed by atoms with Gasteiger partial charge in [0.1, 0.15) is 0 Å². The molecule has 0 bridgehead atoms. The molecule has 0 N–H and O–H groups in total. The fourth-order valence-corrected chi connectivity index (χ4v) is 7.67. The predicted molar refractivity (Wildman–Crippen MR) is 130 cm³/mol. The van der Waals surface area contributed by atoms with E-state index in [1.807, 2.05) is 47.0 Å². The monoisotopic (exact) mass is 434 g/mol. The van der Waals surface area contributed by atoms with E-state index in [9.17, 15) is 0 Å². The summed E-state index contributed by atoms with van der Waals surface area (Å²) in [6.07, 6.45) is 1.01. The van der Waals surface area contributed by atoms with Crippen LogP contribution in [-0.4, -0.2) is 46.5 Å². The zero-order valence-corrected chi connectivity index (χ0v) is 18.8. The highest BCUT2D eigenvalue weighted by molar-refractivity contribution is 8.04. The van der Waals surface area contributed by atoms with Gasteiger partial charge in [-0.3, -0.25) is 0 Å². The van der Waals surface area contributed by atoms with Crippen LogP contribution in [0.3, 0.4) is 0 Å². The molecule has 2 aliphatic heterocycles. The summed E-state index contributed by atoms with van der Waals surface area (Å²) in [5, 5.41) is 0. The second-order valence-corrected chi connectivity index (χ2v) is 11.0. The van der Waals surface area contributed by atoms with Crippen LogP contribution in [0.4, 0.5) is 11.4 Å². The fourth-order valence-electron chi connectivity index (χ4n) is 3.19. The molecule has 2 aromatic carbocycles. The Hall–Kier alpha value is -0.560. The van der Waals surface area contributed by atoms with E-state index in [2.05, 4.69) is 58.3 Å². The van der Waals surface area contributed by atoms with Gasteiger partial charge < -0.3 is 9.80 Å². The summed E-state index contributed by atoms with van der Waals surface area (Å²) in [6.45, 7) is 0. The van der Waals surface area contributed by atoms with E-state index in [1.165, 1.54) is 45.5 Å². The quantitative estimate of drug-likeness (QED) is 0.606. The van der Waals surface area contributed by atoms with Crippen molar-refractivity contribution in [2.24, 2.45) is 0 Å². The minimum atomic E-state index is 1.01. The lowest BCUT2D eigenvalue weighted by Crippen LogP contribution is -2.20. The van der Waals surface area contributed by atoms with E-state index in [-0.39, 0.29) is 0 Å². The van der Waals surface area contributed by atoms with Gasteiger partial charge in [-0.05, 0) is 41.8 Å². The Labute approximate surface area is 180 Å². The number of hydrogen-bond donors (Lipinski definition) is 0. The lowest BCUT2D eigenvalue weighted by molar-refractivity contribution is 1.06. The van der Waals surface area contributed by atoms with E-state index >= 15 is 0 Å². The van der Waals surface area contributed by atoms with Crippen molar-refractivity contribution in [3.63, 3.8) is 0 Å². The van der Waals surface area contributed by atoms with Crippen LogP contribution in [0.15, 0.2) is 48.5 Å². The summed E-state index contributed by atoms with van der Waals surface area (Å²) < 4.78 is 0. The molecule has 27 heavy (non-hydrogen) atoms. The lowest BCUT2D eigenvalue weighted by Gasteiger charge is -2.22. The number of benzene rings is 2. The van der Waals surface area contributed by atoms with Crippen molar-refractivity contribution in [3.05, 3.63) is 59.7 Å². The van der Waals surface area contributed by atoms with Crippen LogP contribution in [0.5, 0.6) is 0 Å². The molecule has 0 atom stereocenters. The van der Waals surface area contributed by atoms with Crippen LogP contribution in [0, 0.1) is 0 Å². The Balaban J connectivity index is 1.37. The molecule has 2 aliphatic rings. The highest BCUT2D eigenvalue weighted by Crippen LogP contribution is 2.26. The van der Waals surface area contributed by atoms with Crippen molar-refractivity contribution in [2.45, 2.75) is 6.42 Å². The highest BCUT2D eigenvalue weighted by Gasteiger charge is 2.11. The molecular formula is C21H26N2S4. The van der Waals surface area contributed by atoms with Crippen LogP contribution in [0.2, 0.25) is 0 Å². The minimum absolute atomic E-state index is 1.01. The topological polar surface area (TPSA) is 6.48 Å². The summed E-state index contributed by atoms with van der Waals surface area (Å²) in [7, 11) is 0. The Morgan fingerprint density at radius 2 is 0.852 bits per heavy atom. The molecule has 2 saturated heterocycles. The minimum Gasteiger partial charge on any atom is -0.353 e. The lowest BCUT2D eigenvalue weighted by atomic mass is 10.0. The van der Waals surface area contributed by atoms with E-state index in [0.29, 0.717) is 0 Å². The fraction of sp³-hybridized carbons (Fsp3) is 0.429. The van der Waals surface area contributed by atoms with Crippen LogP contribution in [0.1, 0.15) is 11.1 Å². The van der Waals surface area contributed by atoms with Gasteiger partial charge in [0, 0.05) is 34.4 Å². The van der Waals surface area contributed by atoms with Crippen LogP contribution in [0.25, 0.3) is 0 Å². The summed E-state index contributed by atoms with van der Waals surface area (Å²) >= 11 is 8.15. The second kappa shape index (κ2) is 10.3. The third-order valence-corrected chi connectivity index (χ3v) is 9.21. The van der Waals surface area contributed by atoms with Gasteiger partial charge in [-0.25, -0.2) is 0 Å². The van der Waals surface area contributed by atoms with Crippen molar-refractivity contribution in [1.29, 1.82) is 0 Å². The van der Waals surface area contributed by atoms with Gasteiger partial charge in [0.15, 0.2) is 0 Å². The van der Waals surface area contributed by atoms with Gasteiger partial charge >= 0.3 is 0 Å². The zero-order valence-electron chi connectivity index (χ0n) is 15.5. The van der Waals surface area contributed by atoms with Gasteiger partial charge in [-0.15, -0.1) is 47.0 Å². The summed E-state index contributed by atoms with van der Waals surface area (Å²) in [5.74, 6) is 9.52. The molecule has 0 aromatic heterocycles. The average Bonchev–Trinajstić information content (AvgIpc) is 3.15. The summed E-state index contributed by atoms with van der Waals surface area (Å²) in [5.41, 5.74) is 5.49. The summed E-state index contributed by atoms with van der Waals surface area (Å²) in [4.78, 5) is 4.97. The first kappa shape index (κ1) is 19.7. The van der Waals surface area contributed by atoms with Gasteiger partial charge in [-0.2, -0.15) is 0 Å². The maximum absolute atomic E-state index is 2.48. The van der Waals surface area contributed by atoms with Gasteiger partial charge in [-0.1, -0.05) is 24.3 Å². The van der Waals surface area contributed by atoms with E-state index in [1.54, 1.807) is 0 Å². The Kier molecular flexibility index (Phi) is 7.52. The van der Waals surface area contributed by atoms with Crippen LogP contribution in [-0.2, 0) is 6.42 Å². The largest absolute Gasteiger partial charge is 0.353 e. The van der Waals surface area contributed by atoms with Crippen molar-refractivity contribution >= 4 is 58.4 Å². The standard InChI is InChI=1S/C21H26N2S4/c1-5-20(22-14-24-9-10-25-15-22)6-2-18(1)13-19-3-7-21(8-4-19)23-16-26-11-12-27-17-23/h1-8H,9-17H2. The van der Waals surface area contributed by atoms with E-state index in [0.717, 1.165) is 29.9 Å². The van der Waals surface area contributed by atoms with Gasteiger partial charge in [0.25, 0.3) is 0 Å². The third kappa shape index (κ3) is 5.72. The molecule has 0 spiro atoms. The van der Waals surface area contributed by atoms with Crippen LogP contribution >= 0.6 is 47.0 Å². The van der Waals surface area contributed by atoms with E-state index < -0.39 is 0 Å². The highest BCUT2D eigenvalue weighted by atomic mass is 32.2. The Bertz CT molecular complexity index is 628. The number of thioether (sulfide) groups is 4. The number of hydrogen-bond acceptors (Lipinski definition) is 6. The van der Waals surface area contributed by atoms with Crippen molar-refractivity contribution < 1.29 is 0 Å². The molecule has 2 heterocycles. The molecule has 0 amide bonds. The first-order chi connectivity index (χ1) is 13.4. The maximum atomic E-state index is 2.48. The molecule has 0 radical (unpaired) electrons. The molecular weight excluding hydrogens is 409 g/mol. The van der Waals surface area contributed by atoms with Crippen molar-refractivity contribution in [3.8, 4) is 0 Å². The molecule has 0 unspecified atom stereocenters. The average molecular weight is 435 g/mol. The first-order valence-corrected chi connectivity index (χ1v) is 14.0. The third-order valence-electron chi connectivity index (χ3n) is 4.74. The van der Waals surface area contributed by atoms with Gasteiger partial charge in [0.05, 0.1) is 23.5 Å². The molecule has 2 aromatic rings. The van der Waals surface area contributed by atoms with Crippen molar-refractivity contribution in [1.82, 2.24) is 0 Å². The molecule has 6 heteroatoms. The Morgan fingerprint density at radius 1 is 0.519 bits per heavy atom. The number of anilines is 2. The molecule has 0 saturated carbocycles. The Morgan fingerprint density at radius 3 is 1.19 bits per heavy atom. The SMILES string of the molecule is c1cc(N2CSCCSC2)ccc1Cc1ccc(N2CSCCSC2)cc1. The number of nitrogens with zero attached hydrogens (tertiary/aromatic N) is 2. The first-order valence-electron chi connectivity index (χ1n) is 9.37. The van der Waals surface area contributed by atoms with Crippen LogP contribution < -0.4 is 9.80 Å². The van der Waals surface area contributed by atoms with Crippen molar-refractivity contribution in [2.75, 3.05) is 56.3 Å². The molecule has 0 aliphatic carbocycles. The number of rotatable bonds is 4. The normalized spacial score (nSPS) is 18.8. The van der Waals surface area contributed by atoms with Gasteiger partial charge in [0.2, 0.25) is 0 Å². The zero-order chi connectivity index (χ0) is 18.3. The summed E-state index contributed by atoms with van der Waals surface area (Å²) in [6, 6.07) is 18.4.